The average Bonchev–Trinajstić information content (AvgIpc) is 0.678. The standard InChI is InChI=1S/C34H52O12Si4.C28H40O6Si.C22H24O3.C12H16O2.C11H12O2.C8H8O2/c1-31(2,3)27-18-14-25(15-19-27)29(35)24-30(36)26-16-20-28(21-17-26)37-22-13-23-47-41-48(38-32(4,5)6)44-49(42-47,39-33(7,8)9)46-50(43-47,45-48)40-34(10,11)12;1-7-32-35(33-8-2,34-9-3)20-10-19-31-25-17-13-23(14-18-25)27(30)21-26(29)22-11-15-24(16-12-22)28(4,5)6;1-5-14-25-19-12-8-17(9-13-19)21(24)15-20(23)16-6-10-18(11-7-16)22(2,3)4;1-12(2,3)10-7-5-9(6-8-10)11(13)14-4;1-3-8-13-11-6-4-10(5-7-11)9(2)12;1-6(9)7-2-4-8(10)5-3-7/h14-21H,13,22-24H2,1-12H3;11-18H,7-10,19-21H2,1-6H3;5-13H,1,14-15H2,2-4H3;5-8H,1-4H3;3-7H,1,8H2,2H3;2-5,10H,1H3. The van der Waals surface area contributed by atoms with Gasteiger partial charge in [0, 0.05) is 76.4 Å². The highest BCUT2D eigenvalue weighted by molar-refractivity contribution is 6.98. The minimum Gasteiger partial charge on any atom is -0.508 e. The van der Waals surface area contributed by atoms with Crippen LogP contribution in [0, 0.1) is 0 Å². The molecule has 4 heterocycles. The van der Waals surface area contributed by atoms with Crippen LogP contribution in [0.25, 0.3) is 0 Å². The second-order valence-electron chi connectivity index (χ2n) is 42.2. The van der Waals surface area contributed by atoms with E-state index in [-0.39, 0.29) is 98.9 Å². The van der Waals surface area contributed by atoms with Gasteiger partial charge in [-0.1, -0.05) is 193 Å². The Morgan fingerprint density at radius 3 is 0.782 bits per heavy atom. The first-order chi connectivity index (χ1) is 68.6. The highest BCUT2D eigenvalue weighted by Gasteiger charge is 2.89. The Balaban J connectivity index is 0.000000261. The molecule has 13 rings (SSSR count). The number of benzene rings is 9. The maximum absolute atomic E-state index is 12.9. The summed E-state index contributed by atoms with van der Waals surface area (Å²) in [7, 11) is -16.6. The number of carbonyl (C=O) groups is 9. The molecule has 9 aromatic rings. The van der Waals surface area contributed by atoms with Crippen LogP contribution in [0.4, 0.5) is 0 Å². The van der Waals surface area contributed by atoms with Crippen molar-refractivity contribution in [1.82, 2.24) is 0 Å². The van der Waals surface area contributed by atoms with Crippen molar-refractivity contribution in [1.29, 1.82) is 0 Å². The van der Waals surface area contributed by atoms with Crippen molar-refractivity contribution in [3.63, 3.8) is 0 Å². The summed E-state index contributed by atoms with van der Waals surface area (Å²) in [6, 6.07) is 64.7. The molecular weight excluding hydrogens is 1950 g/mol. The van der Waals surface area contributed by atoms with E-state index in [4.69, 9.17) is 75.3 Å². The van der Waals surface area contributed by atoms with Gasteiger partial charge in [0.15, 0.2) is 46.3 Å². The Hall–Kier alpha value is -11.1. The van der Waals surface area contributed by atoms with Gasteiger partial charge in [0.1, 0.15) is 42.0 Å². The molecule has 794 valence electrons. The Bertz CT molecular complexity index is 5700. The molecule has 0 radical (unpaired) electrons. The van der Waals surface area contributed by atoms with Gasteiger partial charge in [-0.05, 0) is 287 Å². The fraction of sp³-hybridized carbons (Fsp3) is 0.417. The lowest BCUT2D eigenvalue weighted by molar-refractivity contribution is -0.179. The molecule has 4 bridgehead atoms. The zero-order valence-electron chi connectivity index (χ0n) is 90.8. The van der Waals surface area contributed by atoms with Crippen molar-refractivity contribution in [3.8, 4) is 28.7 Å². The molecule has 0 aliphatic carbocycles. The Labute approximate surface area is 875 Å². The summed E-state index contributed by atoms with van der Waals surface area (Å²) in [4.78, 5) is 108. The molecule has 1 N–H and O–H groups in total. The largest absolute Gasteiger partial charge is 0.661 e. The van der Waals surface area contributed by atoms with Gasteiger partial charge in [0.2, 0.25) is 0 Å². The predicted molar refractivity (Wildman–Crippen MR) is 580 cm³/mol. The fourth-order valence-corrected chi connectivity index (χ4v) is 37.3. The molecule has 0 atom stereocenters. The first kappa shape index (κ1) is 123. The molecule has 4 fully saturated rings. The lowest BCUT2D eigenvalue weighted by Gasteiger charge is -2.61. The third-order valence-corrected chi connectivity index (χ3v) is 41.4. The lowest BCUT2D eigenvalue weighted by Crippen LogP contribution is -2.91. The number of methoxy groups -OCH3 is 1. The average molecular weight is 2110 g/mol. The molecule has 0 unspecified atom stereocenters. The molecule has 0 aromatic heterocycles. The normalized spacial score (nSPS) is 16.8. The van der Waals surface area contributed by atoms with Gasteiger partial charge in [-0.2, -0.15) is 0 Å². The van der Waals surface area contributed by atoms with Gasteiger partial charge in [0.05, 0.1) is 62.0 Å². The summed E-state index contributed by atoms with van der Waals surface area (Å²) in [5.74, 6) is 1.42. The highest BCUT2D eigenvalue weighted by atomic mass is 28.6. The molecule has 4 aliphatic rings. The van der Waals surface area contributed by atoms with E-state index in [1.165, 1.54) is 31.7 Å². The molecule has 4 aliphatic heterocycles. The van der Waals surface area contributed by atoms with Crippen molar-refractivity contribution in [2.45, 2.75) is 263 Å². The topological polar surface area (TPSA) is 331 Å². The van der Waals surface area contributed by atoms with Gasteiger partial charge >= 0.3 is 50.7 Å². The van der Waals surface area contributed by atoms with E-state index in [9.17, 15) is 43.2 Å². The third-order valence-electron chi connectivity index (χ3n) is 21.9. The Kier molecular flexibility index (Phi) is 45.4. The molecule has 4 saturated heterocycles. The molecular formula is C115H152O27Si5. The van der Waals surface area contributed by atoms with E-state index >= 15 is 0 Å². The van der Waals surface area contributed by atoms with E-state index in [1.54, 1.807) is 177 Å². The van der Waals surface area contributed by atoms with Gasteiger partial charge in [-0.15, -0.1) is 0 Å². The van der Waals surface area contributed by atoms with Crippen LogP contribution in [0.2, 0.25) is 12.1 Å². The van der Waals surface area contributed by atoms with Crippen LogP contribution < -0.4 is 18.9 Å². The summed E-state index contributed by atoms with van der Waals surface area (Å²) >= 11 is 0. The van der Waals surface area contributed by atoms with E-state index < -0.39 is 61.6 Å². The first-order valence-electron chi connectivity index (χ1n) is 49.5. The van der Waals surface area contributed by atoms with Crippen molar-refractivity contribution >= 4 is 97.0 Å². The molecule has 27 nitrogen and oxygen atoms in total. The molecule has 147 heavy (non-hydrogen) atoms. The number of phenolic OH excluding ortho intramolecular Hbond substituents is 1. The minimum atomic E-state index is -3.92. The number of hydrogen-bond donors (Lipinski definition) is 1. The maximum atomic E-state index is 12.9. The van der Waals surface area contributed by atoms with E-state index in [0.29, 0.717) is 132 Å². The van der Waals surface area contributed by atoms with Crippen LogP contribution in [0.5, 0.6) is 28.7 Å². The maximum Gasteiger partial charge on any atom is 0.661 e. The fourth-order valence-electron chi connectivity index (χ4n) is 14.5. The van der Waals surface area contributed by atoms with Crippen LogP contribution in [0.1, 0.15) is 328 Å². The second kappa shape index (κ2) is 54.4. The van der Waals surface area contributed by atoms with Gasteiger partial charge < -0.3 is 80.0 Å². The first-order valence-corrected chi connectivity index (χ1v) is 58.3. The molecule has 0 amide bonds. The van der Waals surface area contributed by atoms with Crippen molar-refractivity contribution in [2.75, 3.05) is 53.4 Å². The van der Waals surface area contributed by atoms with Gasteiger partial charge in [-0.25, -0.2) is 4.79 Å². The number of aromatic hydroxyl groups is 1. The quantitative estimate of drug-likeness (QED) is 0.00931. The minimum absolute atomic E-state index is 0.0139. The smallest absolute Gasteiger partial charge is 0.508 e. The number of carbonyl (C=O) groups excluding carboxylic acids is 9. The number of phenols is 1. The van der Waals surface area contributed by atoms with Crippen molar-refractivity contribution in [2.24, 2.45) is 0 Å². The summed E-state index contributed by atoms with van der Waals surface area (Å²) in [5, 5.41) is 8.83. The van der Waals surface area contributed by atoms with Crippen LogP contribution >= 0.6 is 0 Å². The zero-order valence-corrected chi connectivity index (χ0v) is 95.8. The lowest BCUT2D eigenvalue weighted by atomic mass is 9.86. The zero-order chi connectivity index (χ0) is 109. The van der Waals surface area contributed by atoms with Crippen molar-refractivity contribution < 1.29 is 123 Å². The van der Waals surface area contributed by atoms with E-state index in [2.05, 4.69) is 101 Å². The molecule has 9 aromatic carbocycles. The number of rotatable bonds is 40. The SMILES string of the molecule is C=CCOc1ccc(C(=O)CC(=O)c2ccc(C(C)(C)C)cc2)cc1.C=CCOc1ccc(C(C)=O)cc1.CC(=O)c1ccc(O)cc1.CC(C)(C)O[Si]12O[Si]3(CCCOc4ccc(C(=O)CC(=O)c5ccc(C(C)(C)C)cc5)cc4)O[Si](OC(C)(C)C)(O1)O[Si](OC(C)(C)C)(O3)O2.CCO[Si](CCCOc1ccc(C(=O)CC(=O)c2ccc(C(C)(C)C)cc2)cc1)(OCC)OCC.COC(=O)c1ccc(C(C)(C)C)cc1. The number of Topliss-reactive ketones (excluding diaryl/α,β-unsaturated/α-hetero) is 8. The molecule has 0 spiro atoms. The van der Waals surface area contributed by atoms with Gasteiger partial charge in [0.25, 0.3) is 0 Å². The van der Waals surface area contributed by atoms with Gasteiger partial charge in [-0.3, -0.25) is 38.4 Å². The Morgan fingerprint density at radius 2 is 0.551 bits per heavy atom. The van der Waals surface area contributed by atoms with Crippen LogP contribution in [-0.4, -0.2) is 172 Å². The predicted octanol–water partition coefficient (Wildman–Crippen LogP) is 25.1. The number of ketones is 8. The van der Waals surface area contributed by atoms with Crippen LogP contribution in [0.3, 0.4) is 0 Å². The van der Waals surface area contributed by atoms with Crippen LogP contribution in [-0.2, 0) is 77.6 Å². The van der Waals surface area contributed by atoms with Crippen LogP contribution in [0.15, 0.2) is 244 Å². The van der Waals surface area contributed by atoms with E-state index in [1.807, 2.05) is 132 Å². The summed E-state index contributed by atoms with van der Waals surface area (Å²) in [6.07, 6.45) is 4.04. The third kappa shape index (κ3) is 40.4. The summed E-state index contributed by atoms with van der Waals surface area (Å²) < 4.78 is 103. The number of esters is 1. The number of hydrogen-bond acceptors (Lipinski definition) is 27. The van der Waals surface area contributed by atoms with E-state index in [0.717, 1.165) is 28.9 Å². The summed E-state index contributed by atoms with van der Waals surface area (Å²) in [6.45, 7) is 61.8. The van der Waals surface area contributed by atoms with Crippen molar-refractivity contribution in [3.05, 3.63) is 316 Å². The summed E-state index contributed by atoms with van der Waals surface area (Å²) in [5.41, 5.74) is 7.72. The molecule has 0 saturated carbocycles. The monoisotopic (exact) mass is 2100 g/mol. The second-order valence-corrected chi connectivity index (χ2v) is 55.3. The molecule has 32 heteroatoms. The number of ether oxygens (including phenoxy) is 5. The Morgan fingerprint density at radius 1 is 0.320 bits per heavy atom. The highest BCUT2D eigenvalue weighted by Crippen LogP contribution is 2.53.